The van der Waals surface area contributed by atoms with E-state index in [1.165, 1.54) is 44.6 Å². The summed E-state index contributed by atoms with van der Waals surface area (Å²) in [5.41, 5.74) is -7.23. The summed E-state index contributed by atoms with van der Waals surface area (Å²) in [5.74, 6) is -3.02. The molecule has 24 atom stereocenters. The third kappa shape index (κ3) is 12.6. The zero-order valence-electron chi connectivity index (χ0n) is 64.7. The molecule has 6 bridgehead atoms. The minimum atomic E-state index is -2.12. The number of carbonyl (C=O) groups is 6. The van der Waals surface area contributed by atoms with Crippen molar-refractivity contribution in [3.05, 3.63) is 112 Å². The first-order valence-electron chi connectivity index (χ1n) is 39.6. The predicted octanol–water partition coefficient (Wildman–Crippen LogP) is 11.3. The normalized spacial score (nSPS) is 41.2. The molecule has 578 valence electrons. The number of esters is 3. The molecule has 105 heavy (non-hydrogen) atoms. The molecule has 18 heteroatoms. The van der Waals surface area contributed by atoms with Gasteiger partial charge in [-0.15, -0.1) is 0 Å². The van der Waals surface area contributed by atoms with E-state index in [2.05, 4.69) is 48.5 Å². The zero-order chi connectivity index (χ0) is 76.9. The fourth-order valence-electron chi connectivity index (χ4n) is 23.1. The van der Waals surface area contributed by atoms with Crippen LogP contribution < -0.4 is 0 Å². The van der Waals surface area contributed by atoms with Gasteiger partial charge >= 0.3 is 17.9 Å². The minimum Gasteiger partial charge on any atom is -0.455 e. The van der Waals surface area contributed by atoms with Crippen molar-refractivity contribution in [1.82, 2.24) is 0 Å². The first-order chi connectivity index (χ1) is 49.5. The summed E-state index contributed by atoms with van der Waals surface area (Å²) in [4.78, 5) is 81.3. The summed E-state index contributed by atoms with van der Waals surface area (Å²) < 4.78 is 17.5. The minimum absolute atomic E-state index is 0.0107. The van der Waals surface area contributed by atoms with Crippen LogP contribution in [0, 0.1) is 104 Å². The highest BCUT2D eigenvalue weighted by molar-refractivity contribution is 5.98. The van der Waals surface area contributed by atoms with Crippen molar-refractivity contribution >= 4 is 41.3 Å². The number of hydrogen-bond donors (Lipinski definition) is 9. The van der Waals surface area contributed by atoms with Crippen molar-refractivity contribution in [3.8, 4) is 0 Å². The molecule has 12 aliphatic rings. The number of rotatable bonds is 22. The van der Waals surface area contributed by atoms with Crippen LogP contribution in [-0.4, -0.2) is 154 Å². The number of benzene rings is 1. The Morgan fingerprint density at radius 2 is 0.752 bits per heavy atom. The van der Waals surface area contributed by atoms with Crippen LogP contribution in [0.3, 0.4) is 0 Å². The lowest BCUT2D eigenvalue weighted by Crippen LogP contribution is -2.65. The molecule has 6 saturated carbocycles. The van der Waals surface area contributed by atoms with Crippen LogP contribution in [0.4, 0.5) is 0 Å². The molecule has 0 radical (unpaired) electrons. The maximum absolute atomic E-state index is 14.3. The Hall–Kier alpha value is -5.54. The van der Waals surface area contributed by atoms with Gasteiger partial charge in [-0.1, -0.05) is 207 Å². The molecule has 12 aliphatic carbocycles. The molecule has 13 rings (SSSR count). The van der Waals surface area contributed by atoms with E-state index in [9.17, 15) is 74.7 Å². The van der Waals surface area contributed by atoms with Crippen LogP contribution in [0.15, 0.2) is 106 Å². The van der Waals surface area contributed by atoms with Gasteiger partial charge < -0.3 is 60.2 Å². The van der Waals surface area contributed by atoms with Gasteiger partial charge in [0.2, 0.25) is 0 Å². The third-order valence-electron chi connectivity index (χ3n) is 29.1. The summed E-state index contributed by atoms with van der Waals surface area (Å²) in [5, 5.41) is 102. The van der Waals surface area contributed by atoms with E-state index in [1.54, 1.807) is 63.3 Å². The van der Waals surface area contributed by atoms with Gasteiger partial charge in [-0.3, -0.25) is 24.0 Å². The molecule has 0 saturated heterocycles. The summed E-state index contributed by atoms with van der Waals surface area (Å²) in [6, 6.07) is 9.28. The number of carbonyl (C=O) groups excluding carboxylic acids is 6. The molecular weight excluding hydrogens is 1330 g/mol. The number of unbranched alkanes of at least 4 members (excludes halogenated alkanes) is 10. The van der Waals surface area contributed by atoms with E-state index >= 15 is 0 Å². The summed E-state index contributed by atoms with van der Waals surface area (Å²) in [6.45, 7) is 26.9. The van der Waals surface area contributed by atoms with Crippen molar-refractivity contribution in [3.63, 3.8) is 0 Å². The quantitative estimate of drug-likeness (QED) is 0.0171. The van der Waals surface area contributed by atoms with E-state index in [-0.39, 0.29) is 98.7 Å². The monoisotopic (exact) mass is 1450 g/mol. The van der Waals surface area contributed by atoms with E-state index in [4.69, 9.17) is 14.2 Å². The van der Waals surface area contributed by atoms with Gasteiger partial charge in [-0.25, -0.2) is 4.79 Å². The van der Waals surface area contributed by atoms with Crippen LogP contribution in [0.2, 0.25) is 0 Å². The largest absolute Gasteiger partial charge is 0.455 e. The summed E-state index contributed by atoms with van der Waals surface area (Å²) in [6.07, 6.45) is 20.7. The van der Waals surface area contributed by atoms with Crippen molar-refractivity contribution in [1.29, 1.82) is 0 Å². The molecule has 0 unspecified atom stereocenters. The molecule has 3 spiro atoms. The molecule has 18 nitrogen and oxygen atoms in total. The number of aliphatic hydroxyl groups excluding tert-OH is 6. The van der Waals surface area contributed by atoms with Crippen molar-refractivity contribution in [2.75, 3.05) is 19.8 Å². The van der Waals surface area contributed by atoms with Gasteiger partial charge in [-0.2, -0.15) is 0 Å². The second kappa shape index (κ2) is 29.7. The highest BCUT2D eigenvalue weighted by atomic mass is 16.6. The summed E-state index contributed by atoms with van der Waals surface area (Å²) in [7, 11) is 0. The Morgan fingerprint density at radius 3 is 1.08 bits per heavy atom. The molecule has 1 aromatic carbocycles. The zero-order valence-corrected chi connectivity index (χ0v) is 64.7. The van der Waals surface area contributed by atoms with Gasteiger partial charge in [0.15, 0.2) is 52.5 Å². The van der Waals surface area contributed by atoms with Crippen LogP contribution in [0.25, 0.3) is 6.08 Å². The van der Waals surface area contributed by atoms with E-state index in [0.29, 0.717) is 47.3 Å². The van der Waals surface area contributed by atoms with E-state index in [1.807, 2.05) is 58.0 Å². The van der Waals surface area contributed by atoms with Crippen molar-refractivity contribution in [2.45, 2.75) is 260 Å². The Labute approximate surface area is 622 Å². The highest BCUT2D eigenvalue weighted by Gasteiger charge is 2.80. The van der Waals surface area contributed by atoms with Crippen LogP contribution >= 0.6 is 0 Å². The van der Waals surface area contributed by atoms with Gasteiger partial charge in [0.05, 0.1) is 36.1 Å². The van der Waals surface area contributed by atoms with Gasteiger partial charge in [-0.05, 0) is 167 Å². The SMILES string of the molecule is CC1=C[C@]23C(=O)[C@@H](C=C(CO)[C@@H](O)[C@]2(O)[C@H]1OC(=O)/C=C/c1ccccc1)[C@H]1[C@@H](C[C@H]3C)C1(C)C.CCCCCC(=O)O[C@H]1C(C)=C[C@]23C(=O)[C@@H](C=C(CO)[C@@H](O)[C@]12O)[C@H]1[C@@H](C[C@H]3C)C1(C)C.CCCCCCCCCCCC(=O)O[C@H]1C(C)=C[C@]23C(=O)[C@@H](C=C(CO)[C@@H](O)[C@]12O)[C@H]1[C@@H](C[C@H]3C)C1(C)C. The number of hydrogen-bond acceptors (Lipinski definition) is 18. The molecule has 0 aliphatic heterocycles. The smallest absolute Gasteiger partial charge is 0.331 e. The molecule has 0 amide bonds. The number of Topliss-reactive ketones (excluding diaryl/α,β-unsaturated/α-hetero) is 3. The predicted molar refractivity (Wildman–Crippen MR) is 397 cm³/mol. The number of aliphatic hydroxyl groups is 9. The summed E-state index contributed by atoms with van der Waals surface area (Å²) >= 11 is 0. The number of fused-ring (bicyclic) bond motifs is 9. The first kappa shape index (κ1) is 80.5. The number of ether oxygens (including phenoxy) is 3. The molecule has 0 heterocycles. The van der Waals surface area contributed by atoms with Crippen molar-refractivity contribution < 1.29 is 88.9 Å². The average molecular weight is 1460 g/mol. The second-order valence-electron chi connectivity index (χ2n) is 35.9. The standard InChI is InChI=1S/C32H50O6.C29H34O6.C26H38O6/c1-6-7-8-9-10-11-12-13-14-15-25(34)38-29-20(2)18-31-21(3)16-24-26(30(24,4)5)23(28(31)36)17-22(19-33)27(35)32(29,31)37;1-16-14-28-17(2)12-21-23(27(21,3)4)20(25(28)33)13-19(15-30)24(32)29(28,34)26(16)35-22(31)11-10-18-8-6-5-7-9-18;1-6-7-8-9-19(28)32-23-14(2)12-25-15(3)10-18-20(24(18,4)5)17(22(25)30)11-16(13-27)21(29)26(23,25)31/h17-18,21,23-24,26-27,29,33,35,37H,6-16,19H2,1-5H3;5-11,13-14,17,20-21,23-24,26,30,32,34H,12,15H2,1-4H3;11-12,15,17-18,20-21,23,27,29,31H,6-10,13H2,1-5H3/b;11-10+;/t21-,23+,24-,26+,27-,29+,31+,32+;17-,20+,21-,23+,24-,26+,28+,29+;15-,17+,18-,20+,21-,23+,25+,26+/m111/s1. The van der Waals surface area contributed by atoms with Gasteiger partial charge in [0, 0.05) is 36.7 Å². The fourth-order valence-corrected chi connectivity index (χ4v) is 23.1. The molecule has 1 aromatic rings. The van der Waals surface area contributed by atoms with Crippen LogP contribution in [0.5, 0.6) is 0 Å². The topological polar surface area (TPSA) is 312 Å². The van der Waals surface area contributed by atoms with Gasteiger partial charge in [0.1, 0.15) is 18.3 Å². The second-order valence-corrected chi connectivity index (χ2v) is 35.9. The number of ketones is 3. The lowest BCUT2D eigenvalue weighted by molar-refractivity contribution is -0.203. The lowest BCUT2D eigenvalue weighted by Gasteiger charge is -2.48. The van der Waals surface area contributed by atoms with Crippen LogP contribution in [-0.2, 0) is 43.0 Å². The average Bonchev–Trinajstić information content (AvgIpc) is 1.51. The molecule has 6 fully saturated rings. The van der Waals surface area contributed by atoms with Crippen molar-refractivity contribution in [2.24, 2.45) is 104 Å². The Morgan fingerprint density at radius 1 is 0.457 bits per heavy atom. The first-order valence-corrected chi connectivity index (χ1v) is 39.6. The molecule has 9 N–H and O–H groups in total. The Bertz CT molecular complexity index is 3740. The fraction of sp³-hybridized carbons (Fsp3) is 0.701. The van der Waals surface area contributed by atoms with Crippen LogP contribution in [0.1, 0.15) is 212 Å². The Kier molecular flexibility index (Phi) is 22.8. The van der Waals surface area contributed by atoms with E-state index in [0.717, 1.165) is 50.5 Å². The third-order valence-corrected chi connectivity index (χ3v) is 29.1. The number of allylic oxidation sites excluding steroid dienone is 3. The molecule has 0 aromatic heterocycles. The Balaban J connectivity index is 0.000000158. The maximum Gasteiger partial charge on any atom is 0.331 e. The van der Waals surface area contributed by atoms with E-state index < -0.39 is 125 Å². The van der Waals surface area contributed by atoms with Gasteiger partial charge in [0.25, 0.3) is 0 Å². The molecular formula is C87H122O18. The maximum atomic E-state index is 14.3. The lowest BCUT2D eigenvalue weighted by atomic mass is 9.59. The highest BCUT2D eigenvalue weighted by Crippen LogP contribution is 2.75.